The van der Waals surface area contributed by atoms with Gasteiger partial charge in [-0.2, -0.15) is 0 Å². The van der Waals surface area contributed by atoms with Gasteiger partial charge < -0.3 is 5.32 Å². The first-order valence-electron chi connectivity index (χ1n) is 25.8. The van der Waals surface area contributed by atoms with Crippen LogP contribution < -0.4 is 5.32 Å². The molecule has 0 bridgehead atoms. The van der Waals surface area contributed by atoms with E-state index >= 15 is 0 Å². The van der Waals surface area contributed by atoms with Crippen molar-refractivity contribution in [1.29, 1.82) is 0 Å². The van der Waals surface area contributed by atoms with Gasteiger partial charge in [-0.15, -0.1) is 11.3 Å². The number of benzene rings is 9. The number of anilines is 1. The molecule has 0 radical (unpaired) electrons. The van der Waals surface area contributed by atoms with Gasteiger partial charge in [0.15, 0.2) is 0 Å². The van der Waals surface area contributed by atoms with E-state index in [0.717, 1.165) is 18.5 Å². The zero-order chi connectivity index (χ0) is 48.7. The predicted molar refractivity (Wildman–Crippen MR) is 309 cm³/mol. The quantitative estimate of drug-likeness (QED) is 0.160. The molecule has 1 nitrogen and oxygen atoms in total. The molecular weight excluding hydrogens is 899 g/mol. The van der Waals surface area contributed by atoms with Gasteiger partial charge in [0.1, 0.15) is 0 Å². The van der Waals surface area contributed by atoms with Gasteiger partial charge in [-0.3, -0.25) is 0 Å². The summed E-state index contributed by atoms with van der Waals surface area (Å²) in [5.41, 5.74) is 22.2. The molecule has 0 fully saturated rings. The van der Waals surface area contributed by atoms with Crippen LogP contribution in [0.4, 0.5) is 5.69 Å². The molecule has 4 aliphatic carbocycles. The molecule has 0 saturated carbocycles. The highest BCUT2D eigenvalue weighted by Gasteiger charge is 2.57. The largest absolute Gasteiger partial charge is 0.362 e. The maximum Gasteiger partial charge on any atom is 0.0720 e. The number of nitrogens with one attached hydrogen (secondary N) is 1. The van der Waals surface area contributed by atoms with Gasteiger partial charge in [0.05, 0.1) is 10.8 Å². The number of thiophene rings is 1. The summed E-state index contributed by atoms with van der Waals surface area (Å²) in [6, 6.07) is 79.7. The Balaban J connectivity index is 0.856. The molecule has 4 aliphatic rings. The van der Waals surface area contributed by atoms with Gasteiger partial charge in [-0.1, -0.05) is 238 Å². The fourth-order valence-corrected chi connectivity index (χ4v) is 14.6. The molecule has 14 rings (SSSR count). The van der Waals surface area contributed by atoms with Crippen molar-refractivity contribution in [2.75, 3.05) is 5.32 Å². The van der Waals surface area contributed by atoms with Crippen molar-refractivity contribution in [3.8, 4) is 22.3 Å². The summed E-state index contributed by atoms with van der Waals surface area (Å²) >= 11 is 1.87. The lowest BCUT2D eigenvalue weighted by molar-refractivity contribution is 0.595. The highest BCUT2D eigenvalue weighted by atomic mass is 32.1. The minimum atomic E-state index is -0.538. The van der Waals surface area contributed by atoms with Crippen LogP contribution in [-0.4, -0.2) is 0 Å². The Morgan fingerprint density at radius 3 is 1.84 bits per heavy atom. The van der Waals surface area contributed by atoms with Crippen LogP contribution in [0, 0.1) is 0 Å². The average Bonchev–Trinajstić information content (AvgIpc) is 4.06. The topological polar surface area (TPSA) is 12.0 Å². The first-order valence-corrected chi connectivity index (χ1v) is 26.6. The van der Waals surface area contributed by atoms with Crippen molar-refractivity contribution >= 4 is 48.8 Å². The van der Waals surface area contributed by atoms with Crippen molar-refractivity contribution in [1.82, 2.24) is 0 Å². The van der Waals surface area contributed by atoms with Gasteiger partial charge in [-0.05, 0) is 132 Å². The van der Waals surface area contributed by atoms with Crippen LogP contribution >= 0.6 is 11.3 Å². The molecule has 0 amide bonds. The lowest BCUT2D eigenvalue weighted by atomic mass is 9.50. The lowest BCUT2D eigenvalue weighted by Gasteiger charge is -2.51. The van der Waals surface area contributed by atoms with Crippen molar-refractivity contribution in [3.05, 3.63) is 316 Å². The highest BCUT2D eigenvalue weighted by Crippen LogP contribution is 2.65. The number of fused-ring (bicyclic) bond motifs is 13. The van der Waals surface area contributed by atoms with Crippen LogP contribution in [0.15, 0.2) is 260 Å². The number of rotatable bonds is 8. The summed E-state index contributed by atoms with van der Waals surface area (Å²) < 4.78 is 2.66. The Morgan fingerprint density at radius 2 is 1.10 bits per heavy atom. The van der Waals surface area contributed by atoms with Crippen molar-refractivity contribution in [3.63, 3.8) is 0 Å². The molecule has 0 aliphatic heterocycles. The number of hydrogen-bond donors (Lipinski definition) is 1. The Bertz CT molecular complexity index is 3970. The minimum Gasteiger partial charge on any atom is -0.362 e. The Morgan fingerprint density at radius 1 is 0.479 bits per heavy atom. The summed E-state index contributed by atoms with van der Waals surface area (Å²) in [5, 5.41) is 6.51. The highest BCUT2D eigenvalue weighted by molar-refractivity contribution is 7.25. The second-order valence-electron chi connectivity index (χ2n) is 20.6. The second-order valence-corrected chi connectivity index (χ2v) is 21.7. The molecule has 1 N–H and O–H groups in total. The molecule has 73 heavy (non-hydrogen) atoms. The lowest BCUT2D eigenvalue weighted by Crippen LogP contribution is -2.45. The van der Waals surface area contributed by atoms with Gasteiger partial charge in [0, 0.05) is 37.5 Å². The van der Waals surface area contributed by atoms with Crippen LogP contribution in [-0.2, 0) is 16.2 Å². The van der Waals surface area contributed by atoms with Crippen LogP contribution in [0.25, 0.3) is 54.1 Å². The monoisotopic (exact) mass is 951 g/mol. The fourth-order valence-electron chi connectivity index (χ4n) is 13.5. The molecule has 1 heterocycles. The van der Waals surface area contributed by atoms with Gasteiger partial charge in [-0.25, -0.2) is 0 Å². The van der Waals surface area contributed by atoms with E-state index in [2.05, 4.69) is 274 Å². The van der Waals surface area contributed by atoms with E-state index in [1.165, 1.54) is 115 Å². The third kappa shape index (κ3) is 6.40. The maximum absolute atomic E-state index is 3.84. The molecule has 9 aromatic carbocycles. The van der Waals surface area contributed by atoms with E-state index in [1.54, 1.807) is 0 Å². The van der Waals surface area contributed by atoms with E-state index in [0.29, 0.717) is 0 Å². The van der Waals surface area contributed by atoms with E-state index in [4.69, 9.17) is 0 Å². The first-order chi connectivity index (χ1) is 36.0. The summed E-state index contributed by atoms with van der Waals surface area (Å²) in [5.74, 6) is 0. The molecule has 10 aromatic rings. The van der Waals surface area contributed by atoms with Crippen LogP contribution in [0.3, 0.4) is 0 Å². The molecule has 1 aromatic heterocycles. The number of hydrogen-bond acceptors (Lipinski definition) is 2. The fraction of sp³-hybridized carbons (Fsp3) is 0.0986. The summed E-state index contributed by atoms with van der Waals surface area (Å²) in [6.45, 7) is 4.72. The SMILES string of the molecule is CC1(C)C(/C=C/Nc2ccc3c(c2)C2(c4ccccc4-3)c3ccccc3C(C3=CC=CCC3)(c3ccccc3)c3ccccc32)=C(/C=C\c2ccc(-c3cccc4sc5ccccc5c34)cc2)c2ccccc21. The van der Waals surface area contributed by atoms with E-state index in [-0.39, 0.29) is 5.41 Å². The summed E-state index contributed by atoms with van der Waals surface area (Å²) in [4.78, 5) is 0. The Hall–Kier alpha value is -8.30. The van der Waals surface area contributed by atoms with Crippen LogP contribution in [0.1, 0.15) is 82.3 Å². The predicted octanol–water partition coefficient (Wildman–Crippen LogP) is 18.4. The first kappa shape index (κ1) is 43.5. The minimum absolute atomic E-state index is 0.200. The van der Waals surface area contributed by atoms with Crippen LogP contribution in [0.5, 0.6) is 0 Å². The van der Waals surface area contributed by atoms with Crippen molar-refractivity contribution in [2.45, 2.75) is 42.9 Å². The average molecular weight is 952 g/mol. The third-order valence-corrected chi connectivity index (χ3v) is 17.8. The smallest absolute Gasteiger partial charge is 0.0720 e. The molecular formula is C71H53NS. The Labute approximate surface area is 432 Å². The zero-order valence-electron chi connectivity index (χ0n) is 41.1. The maximum atomic E-state index is 3.84. The second kappa shape index (κ2) is 16.9. The standard InChI is InChI=1S/C71H53NS/c1-69(2)58-28-12-9-24-53(58)55(42-38-47-36-39-48(40-37-47)52-27-19-35-67-68(52)57-26-11-18-34-66(57)73-67)59(69)44-45-72-51-41-43-56-54-25-10-13-29-60(54)71(65(56)46-51)63-32-16-14-30-61(63)70(49-20-5-3-6-21-49,50-22-7-4-8-23-50)62-31-15-17-33-64(62)71/h3-7,9-22,24-46,72H,8,23H2,1-2H3/b42-38-,45-44+. The molecule has 0 saturated heterocycles. The molecule has 348 valence electrons. The van der Waals surface area contributed by atoms with Gasteiger partial charge >= 0.3 is 0 Å². The Kier molecular flexibility index (Phi) is 10.1. The van der Waals surface area contributed by atoms with Crippen molar-refractivity contribution < 1.29 is 0 Å². The van der Waals surface area contributed by atoms with E-state index in [1.807, 2.05) is 11.3 Å². The van der Waals surface area contributed by atoms with Gasteiger partial charge in [0.25, 0.3) is 0 Å². The summed E-state index contributed by atoms with van der Waals surface area (Å²) in [7, 11) is 0. The molecule has 1 spiro atoms. The van der Waals surface area contributed by atoms with E-state index < -0.39 is 10.8 Å². The zero-order valence-corrected chi connectivity index (χ0v) is 41.9. The van der Waals surface area contributed by atoms with Gasteiger partial charge in [0.2, 0.25) is 0 Å². The molecule has 2 heteroatoms. The van der Waals surface area contributed by atoms with E-state index in [9.17, 15) is 0 Å². The molecule has 0 unspecified atom stereocenters. The number of allylic oxidation sites excluding steroid dienone is 8. The summed E-state index contributed by atoms with van der Waals surface area (Å²) in [6.07, 6.45) is 18.1. The third-order valence-electron chi connectivity index (χ3n) is 16.6. The van der Waals surface area contributed by atoms with Crippen LogP contribution in [0.2, 0.25) is 0 Å². The van der Waals surface area contributed by atoms with Crippen molar-refractivity contribution in [2.24, 2.45) is 0 Å². The normalized spacial score (nSPS) is 19.1. The molecule has 0 atom stereocenters.